The summed E-state index contributed by atoms with van der Waals surface area (Å²) >= 11 is 0. The molecule has 1 saturated heterocycles. The largest absolute Gasteiger partial charge is 0.508 e. The van der Waals surface area contributed by atoms with E-state index < -0.39 is 12.3 Å². The van der Waals surface area contributed by atoms with Gasteiger partial charge in [-0.1, -0.05) is 30.3 Å². The number of carbonyl (C=O) groups excluding carboxylic acids is 1. The molecule has 3 N–H and O–H groups in total. The number of nitrogens with zero attached hydrogens (tertiary/aromatic N) is 1. The molecule has 0 saturated carbocycles. The predicted octanol–water partition coefficient (Wildman–Crippen LogP) is 2.11. The number of phenols is 2. The minimum atomic E-state index is -0.615. The van der Waals surface area contributed by atoms with Gasteiger partial charge in [-0.3, -0.25) is 9.69 Å². The predicted molar refractivity (Wildman–Crippen MR) is 91.4 cm³/mol. The lowest BCUT2D eigenvalue weighted by atomic mass is 10.0. The van der Waals surface area contributed by atoms with Gasteiger partial charge in [0, 0.05) is 24.2 Å². The van der Waals surface area contributed by atoms with Gasteiger partial charge in [0.05, 0.1) is 18.3 Å². The quantitative estimate of drug-likeness (QED) is 0.721. The zero-order valence-electron chi connectivity index (χ0n) is 13.9. The van der Waals surface area contributed by atoms with Crippen LogP contribution in [-0.2, 0) is 11.3 Å². The van der Waals surface area contributed by atoms with Crippen LogP contribution in [0.2, 0.25) is 0 Å². The summed E-state index contributed by atoms with van der Waals surface area (Å²) in [5, 5.41) is 30.0. The molecular weight excluding hydrogens is 322 g/mol. The summed E-state index contributed by atoms with van der Waals surface area (Å²) in [5.41, 5.74) is 2.10. The molecule has 2 atom stereocenters. The lowest BCUT2D eigenvalue weighted by molar-refractivity contribution is -0.0228. The minimum Gasteiger partial charge on any atom is -0.508 e. The van der Waals surface area contributed by atoms with Gasteiger partial charge in [0.25, 0.3) is 0 Å². The van der Waals surface area contributed by atoms with E-state index in [1.807, 2.05) is 17.0 Å². The van der Waals surface area contributed by atoms with Crippen LogP contribution < -0.4 is 0 Å². The number of aryl methyl sites for hydroxylation is 1. The Morgan fingerprint density at radius 2 is 2.00 bits per heavy atom. The van der Waals surface area contributed by atoms with Crippen molar-refractivity contribution in [3.63, 3.8) is 0 Å². The van der Waals surface area contributed by atoms with Crippen LogP contribution in [0.4, 0.5) is 0 Å². The van der Waals surface area contributed by atoms with E-state index in [0.717, 1.165) is 5.56 Å². The number of aldehydes is 1. The summed E-state index contributed by atoms with van der Waals surface area (Å²) in [6.07, 6.45) is -0.396. The van der Waals surface area contributed by atoms with Gasteiger partial charge in [-0.25, -0.2) is 0 Å². The highest BCUT2D eigenvalue weighted by atomic mass is 16.5. The summed E-state index contributed by atoms with van der Waals surface area (Å²) in [5.74, 6) is 0.0660. The average molecular weight is 343 g/mol. The highest BCUT2D eigenvalue weighted by Crippen LogP contribution is 2.38. The van der Waals surface area contributed by atoms with Gasteiger partial charge in [-0.2, -0.15) is 0 Å². The molecule has 6 heteroatoms. The number of hydrogen-bond acceptors (Lipinski definition) is 6. The van der Waals surface area contributed by atoms with Crippen LogP contribution in [0.25, 0.3) is 0 Å². The molecule has 0 aliphatic carbocycles. The lowest BCUT2D eigenvalue weighted by Gasteiger charge is -2.24. The van der Waals surface area contributed by atoms with Crippen molar-refractivity contribution in [3.05, 3.63) is 58.7 Å². The molecule has 2 aromatic carbocycles. The fourth-order valence-electron chi connectivity index (χ4n) is 3.12. The third-order valence-corrected chi connectivity index (χ3v) is 4.51. The van der Waals surface area contributed by atoms with E-state index in [0.29, 0.717) is 30.5 Å². The van der Waals surface area contributed by atoms with Crippen molar-refractivity contribution in [1.29, 1.82) is 0 Å². The first-order valence-corrected chi connectivity index (χ1v) is 8.10. The van der Waals surface area contributed by atoms with Crippen LogP contribution >= 0.6 is 0 Å². The number of hydrogen-bond donors (Lipinski definition) is 3. The molecule has 1 heterocycles. The first kappa shape index (κ1) is 17.4. The summed E-state index contributed by atoms with van der Waals surface area (Å²) < 4.78 is 5.86. The molecule has 1 fully saturated rings. The first-order chi connectivity index (χ1) is 12.0. The van der Waals surface area contributed by atoms with Gasteiger partial charge in [0.2, 0.25) is 0 Å². The zero-order chi connectivity index (χ0) is 18.0. The Balaban J connectivity index is 1.95. The number of rotatable bonds is 5. The lowest BCUT2D eigenvalue weighted by Crippen LogP contribution is -2.25. The molecule has 0 radical (unpaired) electrons. The molecule has 0 aromatic heterocycles. The zero-order valence-corrected chi connectivity index (χ0v) is 13.9. The van der Waals surface area contributed by atoms with Crippen LogP contribution in [0.5, 0.6) is 11.5 Å². The molecule has 0 spiro atoms. The summed E-state index contributed by atoms with van der Waals surface area (Å²) in [7, 11) is 0. The van der Waals surface area contributed by atoms with Crippen molar-refractivity contribution in [2.24, 2.45) is 0 Å². The molecule has 6 nitrogen and oxygen atoms in total. The highest BCUT2D eigenvalue weighted by Gasteiger charge is 2.36. The number of aliphatic hydroxyl groups is 1. The molecule has 2 aromatic rings. The van der Waals surface area contributed by atoms with Gasteiger partial charge in [-0.05, 0) is 18.6 Å². The normalized spacial score (nSPS) is 20.7. The second-order valence-corrected chi connectivity index (χ2v) is 6.20. The number of aromatic hydroxyl groups is 2. The number of aliphatic hydroxyl groups excluding tert-OH is 1. The molecule has 0 bridgehead atoms. The number of para-hydroxylation sites is 1. The Kier molecular flexibility index (Phi) is 5.03. The maximum Gasteiger partial charge on any atom is 0.154 e. The molecule has 3 rings (SSSR count). The Labute approximate surface area is 145 Å². The van der Waals surface area contributed by atoms with Gasteiger partial charge in [-0.15, -0.1) is 0 Å². The molecule has 1 aliphatic heterocycles. The van der Waals surface area contributed by atoms with Crippen molar-refractivity contribution in [2.75, 3.05) is 13.2 Å². The van der Waals surface area contributed by atoms with E-state index in [2.05, 4.69) is 0 Å². The number of carbonyl (C=O) groups is 1. The topological polar surface area (TPSA) is 90.2 Å². The monoisotopic (exact) mass is 343 g/mol. The van der Waals surface area contributed by atoms with E-state index in [1.54, 1.807) is 31.2 Å². The highest BCUT2D eigenvalue weighted by molar-refractivity contribution is 5.82. The fraction of sp³-hybridized carbons (Fsp3) is 0.316. The van der Waals surface area contributed by atoms with Crippen molar-refractivity contribution in [2.45, 2.75) is 25.8 Å². The van der Waals surface area contributed by atoms with Gasteiger partial charge >= 0.3 is 0 Å². The Hall–Kier alpha value is -2.41. The first-order valence-electron chi connectivity index (χ1n) is 8.10. The maximum atomic E-state index is 11.3. The van der Waals surface area contributed by atoms with Gasteiger partial charge in [0.15, 0.2) is 6.29 Å². The molecule has 1 aliphatic rings. The standard InChI is InChI=1S/C19H21NO5/c1-12-6-7-15(18(24)16(12)11-22)19-20(9-14(10-21)25-19)8-13-4-2-3-5-17(13)23/h2-7,11,14,19,21,23-24H,8-10H2,1H3. The molecule has 25 heavy (non-hydrogen) atoms. The van der Waals surface area contributed by atoms with E-state index in [9.17, 15) is 20.1 Å². The Morgan fingerprint density at radius 3 is 2.68 bits per heavy atom. The van der Waals surface area contributed by atoms with E-state index in [-0.39, 0.29) is 23.7 Å². The van der Waals surface area contributed by atoms with Crippen LogP contribution in [0.3, 0.4) is 0 Å². The van der Waals surface area contributed by atoms with E-state index in [1.165, 1.54) is 0 Å². The van der Waals surface area contributed by atoms with Gasteiger partial charge < -0.3 is 20.1 Å². The molecule has 132 valence electrons. The average Bonchev–Trinajstić information content (AvgIpc) is 3.00. The molecular formula is C19H21NO5. The Morgan fingerprint density at radius 1 is 1.24 bits per heavy atom. The van der Waals surface area contributed by atoms with E-state index >= 15 is 0 Å². The minimum absolute atomic E-state index is 0.110. The van der Waals surface area contributed by atoms with Crippen molar-refractivity contribution >= 4 is 6.29 Å². The third-order valence-electron chi connectivity index (χ3n) is 4.51. The fourth-order valence-corrected chi connectivity index (χ4v) is 3.12. The van der Waals surface area contributed by atoms with Crippen LogP contribution in [0.1, 0.15) is 33.3 Å². The molecule has 0 amide bonds. The smallest absolute Gasteiger partial charge is 0.154 e. The van der Waals surface area contributed by atoms with E-state index in [4.69, 9.17) is 4.74 Å². The van der Waals surface area contributed by atoms with Crippen molar-refractivity contribution < 1.29 is 24.9 Å². The third kappa shape index (κ3) is 3.37. The SMILES string of the molecule is Cc1ccc(C2OC(CO)CN2Cc2ccccc2O)c(O)c1C=O. The van der Waals surface area contributed by atoms with Gasteiger partial charge in [0.1, 0.15) is 17.7 Å². The summed E-state index contributed by atoms with van der Waals surface area (Å²) in [6, 6.07) is 10.5. The summed E-state index contributed by atoms with van der Waals surface area (Å²) in [4.78, 5) is 13.2. The van der Waals surface area contributed by atoms with Crippen molar-refractivity contribution in [1.82, 2.24) is 4.90 Å². The summed E-state index contributed by atoms with van der Waals surface area (Å²) in [6.45, 7) is 2.43. The number of phenolic OH excluding ortho intramolecular Hbond substituents is 2. The number of benzene rings is 2. The van der Waals surface area contributed by atoms with Crippen molar-refractivity contribution in [3.8, 4) is 11.5 Å². The molecule has 2 unspecified atom stereocenters. The maximum absolute atomic E-state index is 11.3. The second-order valence-electron chi connectivity index (χ2n) is 6.20. The second kappa shape index (κ2) is 7.23. The van der Waals surface area contributed by atoms with Crippen LogP contribution in [0.15, 0.2) is 36.4 Å². The van der Waals surface area contributed by atoms with Crippen LogP contribution in [0, 0.1) is 6.92 Å². The number of ether oxygens (including phenoxy) is 1. The Bertz CT molecular complexity index is 776. The van der Waals surface area contributed by atoms with Crippen LogP contribution in [-0.4, -0.2) is 45.8 Å².